The molecule has 0 atom stereocenters. The van der Waals surface area contributed by atoms with E-state index in [-0.39, 0.29) is 5.69 Å². The first-order valence-electron chi connectivity index (χ1n) is 5.67. The zero-order chi connectivity index (χ0) is 15.1. The van der Waals surface area contributed by atoms with Gasteiger partial charge in [-0.1, -0.05) is 0 Å². The molecular formula is C12H11F2NO4S. The average molecular weight is 303 g/mol. The molecule has 0 spiro atoms. The highest BCUT2D eigenvalue weighted by Crippen LogP contribution is 2.26. The van der Waals surface area contributed by atoms with Crippen LogP contribution < -0.4 is 0 Å². The number of aryl methyl sites for hydroxylation is 1. The lowest BCUT2D eigenvalue weighted by atomic mass is 10.2. The summed E-state index contributed by atoms with van der Waals surface area (Å²) in [4.78, 5) is 10.6. The minimum Gasteiger partial charge on any atom is -0.477 e. The molecule has 2 rings (SSSR count). The van der Waals surface area contributed by atoms with Gasteiger partial charge in [0.2, 0.25) is 9.84 Å². The van der Waals surface area contributed by atoms with Crippen molar-refractivity contribution < 1.29 is 27.1 Å². The summed E-state index contributed by atoms with van der Waals surface area (Å²) in [6.07, 6.45) is 0. The highest BCUT2D eigenvalue weighted by atomic mass is 32.2. The molecule has 0 radical (unpaired) electrons. The van der Waals surface area contributed by atoms with Gasteiger partial charge in [0.05, 0.1) is 4.90 Å². The normalized spacial score (nSPS) is 12.2. The summed E-state index contributed by atoms with van der Waals surface area (Å²) in [6, 6.07) is 4.73. The number of halogens is 2. The van der Waals surface area contributed by atoms with E-state index in [1.807, 2.05) is 0 Å². The molecule has 0 amide bonds. The van der Waals surface area contributed by atoms with E-state index in [1.54, 1.807) is 6.92 Å². The third-order valence-electron chi connectivity index (χ3n) is 2.97. The van der Waals surface area contributed by atoms with Gasteiger partial charge in [-0.3, -0.25) is 0 Å². The number of hydrogen-bond donors (Lipinski definition) is 1. The number of carboxylic acid groups (broad SMARTS) is 1. The standard InChI is InChI=1S/C12H11F2NO4S/c1-2-15-9-4-3-8(20(18,19)12(13)14)5-7(9)6-10(15)11(16)17/h3-6,12H,2H2,1H3,(H,16,17). The smallest absolute Gasteiger partial charge is 0.352 e. The van der Waals surface area contributed by atoms with Gasteiger partial charge < -0.3 is 9.67 Å². The molecule has 108 valence electrons. The molecule has 2 aromatic rings. The Morgan fingerprint density at radius 2 is 2.00 bits per heavy atom. The maximum atomic E-state index is 12.5. The fourth-order valence-corrected chi connectivity index (χ4v) is 2.80. The Morgan fingerprint density at radius 1 is 1.35 bits per heavy atom. The van der Waals surface area contributed by atoms with Crippen molar-refractivity contribution in [1.29, 1.82) is 0 Å². The second-order valence-electron chi connectivity index (χ2n) is 4.11. The van der Waals surface area contributed by atoms with Gasteiger partial charge in [0, 0.05) is 17.4 Å². The maximum absolute atomic E-state index is 12.5. The Bertz CT molecular complexity index is 780. The van der Waals surface area contributed by atoms with Crippen molar-refractivity contribution in [2.24, 2.45) is 0 Å². The lowest BCUT2D eigenvalue weighted by molar-refractivity contribution is 0.0686. The number of carbonyl (C=O) groups is 1. The SMILES string of the molecule is CCn1c(C(=O)O)cc2cc(S(=O)(=O)C(F)F)ccc21. The zero-order valence-electron chi connectivity index (χ0n) is 10.4. The van der Waals surface area contributed by atoms with Gasteiger partial charge in [0.15, 0.2) is 0 Å². The molecule has 1 aromatic carbocycles. The van der Waals surface area contributed by atoms with Crippen LogP contribution in [0, 0.1) is 0 Å². The lowest BCUT2D eigenvalue weighted by Gasteiger charge is -2.05. The van der Waals surface area contributed by atoms with E-state index in [2.05, 4.69) is 0 Å². The molecule has 0 bridgehead atoms. The van der Waals surface area contributed by atoms with E-state index < -0.39 is 26.5 Å². The molecule has 0 aliphatic carbocycles. The summed E-state index contributed by atoms with van der Waals surface area (Å²) in [7, 11) is -4.69. The van der Waals surface area contributed by atoms with E-state index in [1.165, 1.54) is 16.7 Å². The van der Waals surface area contributed by atoms with Crippen LogP contribution in [0.3, 0.4) is 0 Å². The molecule has 1 heterocycles. The Hall–Kier alpha value is -1.96. The van der Waals surface area contributed by atoms with Crippen molar-refractivity contribution in [3.8, 4) is 0 Å². The van der Waals surface area contributed by atoms with Crippen LogP contribution in [0.5, 0.6) is 0 Å². The van der Waals surface area contributed by atoms with E-state index in [0.29, 0.717) is 17.4 Å². The number of sulfone groups is 1. The number of rotatable bonds is 4. The number of aromatic nitrogens is 1. The zero-order valence-corrected chi connectivity index (χ0v) is 11.2. The largest absolute Gasteiger partial charge is 0.477 e. The molecule has 0 fully saturated rings. The molecule has 1 aromatic heterocycles. The van der Waals surface area contributed by atoms with Crippen LogP contribution in [0.4, 0.5) is 8.78 Å². The number of aromatic carboxylic acids is 1. The Kier molecular flexibility index (Phi) is 3.51. The molecule has 0 aliphatic heterocycles. The molecule has 8 heteroatoms. The number of fused-ring (bicyclic) bond motifs is 1. The summed E-state index contributed by atoms with van der Waals surface area (Å²) in [5, 5.41) is 9.35. The summed E-state index contributed by atoms with van der Waals surface area (Å²) in [6.45, 7) is 2.10. The predicted molar refractivity (Wildman–Crippen MR) is 67.8 cm³/mol. The number of hydrogen-bond acceptors (Lipinski definition) is 3. The first-order chi connectivity index (χ1) is 9.28. The minimum atomic E-state index is -4.69. The van der Waals surface area contributed by atoms with Crippen LogP contribution >= 0.6 is 0 Å². The first-order valence-corrected chi connectivity index (χ1v) is 7.22. The molecule has 0 saturated carbocycles. The van der Waals surface area contributed by atoms with Gasteiger partial charge in [0.25, 0.3) is 0 Å². The van der Waals surface area contributed by atoms with Gasteiger partial charge in [0.1, 0.15) is 5.69 Å². The van der Waals surface area contributed by atoms with Crippen molar-refractivity contribution >= 4 is 26.7 Å². The lowest BCUT2D eigenvalue weighted by Crippen LogP contribution is -2.11. The van der Waals surface area contributed by atoms with Crippen LogP contribution in [-0.4, -0.2) is 29.8 Å². The van der Waals surface area contributed by atoms with Gasteiger partial charge >= 0.3 is 11.7 Å². The number of benzene rings is 1. The van der Waals surface area contributed by atoms with Gasteiger partial charge in [-0.25, -0.2) is 13.2 Å². The molecule has 0 unspecified atom stereocenters. The number of carboxylic acids is 1. The fraction of sp³-hybridized carbons (Fsp3) is 0.250. The summed E-state index contributed by atoms with van der Waals surface area (Å²) >= 11 is 0. The van der Waals surface area contributed by atoms with Gasteiger partial charge in [-0.05, 0) is 31.2 Å². The van der Waals surface area contributed by atoms with Crippen LogP contribution in [0.1, 0.15) is 17.4 Å². The fourth-order valence-electron chi connectivity index (χ4n) is 2.05. The van der Waals surface area contributed by atoms with E-state index >= 15 is 0 Å². The van der Waals surface area contributed by atoms with Gasteiger partial charge in [-0.2, -0.15) is 8.78 Å². The predicted octanol–water partition coefficient (Wildman–Crippen LogP) is 2.36. The molecular weight excluding hydrogens is 292 g/mol. The molecule has 0 saturated heterocycles. The van der Waals surface area contributed by atoms with Crippen molar-refractivity contribution in [2.45, 2.75) is 24.1 Å². The maximum Gasteiger partial charge on any atom is 0.352 e. The highest BCUT2D eigenvalue weighted by molar-refractivity contribution is 7.91. The average Bonchev–Trinajstić information content (AvgIpc) is 2.75. The summed E-state index contributed by atoms with van der Waals surface area (Å²) < 4.78 is 49.2. The molecule has 20 heavy (non-hydrogen) atoms. The third-order valence-corrected chi connectivity index (χ3v) is 4.35. The van der Waals surface area contributed by atoms with Crippen LogP contribution in [0.25, 0.3) is 10.9 Å². The third kappa shape index (κ3) is 2.15. The topological polar surface area (TPSA) is 76.4 Å². The summed E-state index contributed by atoms with van der Waals surface area (Å²) in [5.74, 6) is -4.67. The van der Waals surface area contributed by atoms with Crippen molar-refractivity contribution in [3.63, 3.8) is 0 Å². The number of nitrogens with zero attached hydrogens (tertiary/aromatic N) is 1. The summed E-state index contributed by atoms with van der Waals surface area (Å²) in [5.41, 5.74) is 0.465. The van der Waals surface area contributed by atoms with Crippen molar-refractivity contribution in [3.05, 3.63) is 30.0 Å². The molecule has 0 aliphatic rings. The Morgan fingerprint density at radius 3 is 2.50 bits per heavy atom. The van der Waals surface area contributed by atoms with Crippen LogP contribution in [-0.2, 0) is 16.4 Å². The Labute approximate surface area is 113 Å². The van der Waals surface area contributed by atoms with E-state index in [9.17, 15) is 22.0 Å². The van der Waals surface area contributed by atoms with Crippen LogP contribution in [0.2, 0.25) is 0 Å². The highest BCUT2D eigenvalue weighted by Gasteiger charge is 2.27. The monoisotopic (exact) mass is 303 g/mol. The van der Waals surface area contributed by atoms with Gasteiger partial charge in [-0.15, -0.1) is 0 Å². The molecule has 1 N–H and O–H groups in total. The number of alkyl halides is 2. The quantitative estimate of drug-likeness (QED) is 0.940. The van der Waals surface area contributed by atoms with E-state index in [4.69, 9.17) is 5.11 Å². The first kappa shape index (κ1) is 14.4. The molecule has 5 nitrogen and oxygen atoms in total. The van der Waals surface area contributed by atoms with Crippen LogP contribution in [0.15, 0.2) is 29.2 Å². The Balaban J connectivity index is 2.71. The second-order valence-corrected chi connectivity index (χ2v) is 6.02. The minimum absolute atomic E-state index is 0.0194. The van der Waals surface area contributed by atoms with E-state index in [0.717, 1.165) is 12.1 Å². The van der Waals surface area contributed by atoms with Crippen molar-refractivity contribution in [1.82, 2.24) is 4.57 Å². The van der Waals surface area contributed by atoms with Crippen molar-refractivity contribution in [2.75, 3.05) is 0 Å². The second kappa shape index (κ2) is 4.86.